The molecule has 1 aliphatic carbocycles. The Morgan fingerprint density at radius 2 is 1.33 bits per heavy atom. The van der Waals surface area contributed by atoms with Crippen LogP contribution in [0.3, 0.4) is 0 Å². The largest absolute Gasteiger partial charge is 0.394 e. The predicted molar refractivity (Wildman–Crippen MR) is 145 cm³/mol. The fourth-order valence-corrected chi connectivity index (χ4v) is 5.57. The number of hydrogen-bond acceptors (Lipinski definition) is 15. The van der Waals surface area contributed by atoms with Crippen LogP contribution in [0.25, 0.3) is 0 Å². The van der Waals surface area contributed by atoms with E-state index in [9.17, 15) is 40.5 Å². The van der Waals surface area contributed by atoms with Crippen molar-refractivity contribution in [3.63, 3.8) is 0 Å². The van der Waals surface area contributed by atoms with E-state index < -0.39 is 98.4 Å². The van der Waals surface area contributed by atoms with Crippen LogP contribution in [0.1, 0.15) is 51.9 Å². The molecule has 246 valence electrons. The van der Waals surface area contributed by atoms with Crippen LogP contribution in [0.4, 0.5) is 0 Å². The van der Waals surface area contributed by atoms with E-state index in [0.717, 1.165) is 25.7 Å². The van der Waals surface area contributed by atoms with Crippen LogP contribution in [0.15, 0.2) is 0 Å². The van der Waals surface area contributed by atoms with Crippen LogP contribution in [-0.4, -0.2) is 147 Å². The lowest BCUT2D eigenvalue weighted by Gasteiger charge is -2.48. The van der Waals surface area contributed by atoms with Crippen LogP contribution < -0.4 is 22.5 Å². The highest BCUT2D eigenvalue weighted by molar-refractivity contribution is 5.75. The lowest BCUT2D eigenvalue weighted by atomic mass is 9.84. The molecule has 3 fully saturated rings. The highest BCUT2D eigenvalue weighted by Crippen LogP contribution is 2.31. The highest BCUT2D eigenvalue weighted by Gasteiger charge is 2.51. The van der Waals surface area contributed by atoms with Gasteiger partial charge in [-0.05, 0) is 12.8 Å². The summed E-state index contributed by atoms with van der Waals surface area (Å²) in [6, 6.07) is -2.97. The van der Waals surface area contributed by atoms with E-state index in [4.69, 9.17) is 36.1 Å². The Morgan fingerprint density at radius 1 is 0.762 bits per heavy atom. The average Bonchev–Trinajstić information content (AvgIpc) is 2.96. The van der Waals surface area contributed by atoms with Gasteiger partial charge in [0.05, 0.1) is 12.6 Å². The number of unbranched alkanes of at least 4 members (excludes halogenated alkanes) is 4. The lowest BCUT2D eigenvalue weighted by Crippen LogP contribution is -2.68. The Bertz CT molecular complexity index is 830. The second-order valence-corrected chi connectivity index (χ2v) is 11.5. The van der Waals surface area contributed by atoms with Crippen molar-refractivity contribution < 1.29 is 59.5 Å². The summed E-state index contributed by atoms with van der Waals surface area (Å²) in [6.07, 6.45) is -12.0. The Kier molecular flexibility index (Phi) is 13.7. The fraction of sp³-hybridized carbons (Fsp3) is 0.962. The maximum atomic E-state index is 12.3. The third kappa shape index (κ3) is 8.54. The Morgan fingerprint density at radius 3 is 1.93 bits per heavy atom. The summed E-state index contributed by atoms with van der Waals surface area (Å²) in [5, 5.41) is 75.3. The molecule has 1 amide bonds. The van der Waals surface area contributed by atoms with Gasteiger partial charge in [-0.15, -0.1) is 0 Å². The monoisotopic (exact) mass is 610 g/mol. The zero-order chi connectivity index (χ0) is 31.1. The average molecular weight is 611 g/mol. The summed E-state index contributed by atoms with van der Waals surface area (Å²) in [4.78, 5) is 12.3. The number of amides is 1. The van der Waals surface area contributed by atoms with Crippen LogP contribution in [0.5, 0.6) is 0 Å². The minimum absolute atomic E-state index is 0.0546. The third-order valence-corrected chi connectivity index (χ3v) is 8.26. The standard InChI is InChI=1S/C26H50N4O12/c1-2-3-4-5-6-7-15(32)30-9-13-18(34)20(36)21(37)26(39-13)42-24-12(28)8-11(27)23(22(24)38)41-25-19(35)16(29)17(33)14(10-31)40-25/h11-14,16-26,31,33-38H,2-10,27-29H2,1H3,(H,30,32)/t11-,12+,13-,14-,16+,17-,18-,19-,20+,21-,22-,23+,24-,25-,26-/m1/s1. The van der Waals surface area contributed by atoms with Gasteiger partial charge in [-0.2, -0.15) is 0 Å². The molecule has 0 aromatic rings. The molecule has 0 aromatic heterocycles. The quantitative estimate of drug-likeness (QED) is 0.0873. The first kappa shape index (κ1) is 35.4. The molecule has 0 radical (unpaired) electrons. The first-order chi connectivity index (χ1) is 19.9. The van der Waals surface area contributed by atoms with Gasteiger partial charge in [0.1, 0.15) is 61.0 Å². The van der Waals surface area contributed by atoms with Gasteiger partial charge >= 0.3 is 0 Å². The zero-order valence-corrected chi connectivity index (χ0v) is 23.9. The lowest BCUT2D eigenvalue weighted by molar-refractivity contribution is -0.332. The molecule has 0 spiro atoms. The number of aliphatic hydroxyl groups is 7. The summed E-state index contributed by atoms with van der Waals surface area (Å²) in [6.45, 7) is 1.33. The maximum Gasteiger partial charge on any atom is 0.220 e. The highest BCUT2D eigenvalue weighted by atomic mass is 16.7. The van der Waals surface area contributed by atoms with E-state index >= 15 is 0 Å². The topological polar surface area (TPSA) is 286 Å². The number of hydrogen-bond donors (Lipinski definition) is 11. The number of carbonyl (C=O) groups is 1. The molecular weight excluding hydrogens is 560 g/mol. The zero-order valence-electron chi connectivity index (χ0n) is 23.9. The smallest absolute Gasteiger partial charge is 0.220 e. The van der Waals surface area contributed by atoms with E-state index in [1.165, 1.54) is 0 Å². The molecule has 0 bridgehead atoms. The van der Waals surface area contributed by atoms with Gasteiger partial charge in [0.25, 0.3) is 0 Å². The molecule has 42 heavy (non-hydrogen) atoms. The summed E-state index contributed by atoms with van der Waals surface area (Å²) in [7, 11) is 0. The van der Waals surface area contributed by atoms with Gasteiger partial charge in [-0.3, -0.25) is 4.79 Å². The minimum Gasteiger partial charge on any atom is -0.394 e. The van der Waals surface area contributed by atoms with Gasteiger partial charge < -0.3 is 77.2 Å². The van der Waals surface area contributed by atoms with Gasteiger partial charge in [-0.25, -0.2) is 0 Å². The predicted octanol–water partition coefficient (Wildman–Crippen LogP) is -4.77. The molecule has 1 saturated carbocycles. The second-order valence-electron chi connectivity index (χ2n) is 11.5. The molecule has 3 aliphatic rings. The van der Waals surface area contributed by atoms with Gasteiger partial charge in [0.2, 0.25) is 5.91 Å². The van der Waals surface area contributed by atoms with Crippen LogP contribution in [-0.2, 0) is 23.7 Å². The van der Waals surface area contributed by atoms with Crippen molar-refractivity contribution in [3.05, 3.63) is 0 Å². The first-order valence-electron chi connectivity index (χ1n) is 14.8. The Hall–Kier alpha value is -1.09. The van der Waals surface area contributed by atoms with Crippen molar-refractivity contribution in [3.8, 4) is 0 Å². The molecule has 15 atom stereocenters. The van der Waals surface area contributed by atoms with Crippen LogP contribution in [0, 0.1) is 0 Å². The molecule has 0 aromatic carbocycles. The molecular formula is C26H50N4O12. The van der Waals surface area contributed by atoms with Crippen LogP contribution in [0.2, 0.25) is 0 Å². The SMILES string of the molecule is CCCCCCCC(=O)NC[C@H]1O[C@H](O[C@H]2[C@H](O)[C@@H](O[C@H]3O[C@H](CO)[C@@H](O)[C@H](N)[C@H]3O)[C@H](N)C[C@@H]2N)[C@H](O)[C@@H](O)[C@@H]1O. The summed E-state index contributed by atoms with van der Waals surface area (Å²) in [5.74, 6) is -0.248. The molecule has 2 aliphatic heterocycles. The molecule has 16 nitrogen and oxygen atoms in total. The van der Waals surface area contributed by atoms with E-state index in [0.29, 0.717) is 12.8 Å². The number of nitrogens with two attached hydrogens (primary N) is 3. The van der Waals surface area contributed by atoms with Gasteiger partial charge in [-0.1, -0.05) is 32.6 Å². The third-order valence-electron chi connectivity index (χ3n) is 8.26. The van der Waals surface area contributed by atoms with Gasteiger partial charge in [0.15, 0.2) is 12.6 Å². The number of aliphatic hydroxyl groups excluding tert-OH is 7. The van der Waals surface area contributed by atoms with E-state index in [2.05, 4.69) is 12.2 Å². The first-order valence-corrected chi connectivity index (χ1v) is 14.8. The van der Waals surface area contributed by atoms with E-state index in [1.807, 2.05) is 0 Å². The molecule has 2 heterocycles. The summed E-state index contributed by atoms with van der Waals surface area (Å²) < 4.78 is 22.7. The van der Waals surface area contributed by atoms with Crippen LogP contribution >= 0.6 is 0 Å². The van der Waals surface area contributed by atoms with Crippen molar-refractivity contribution in [2.24, 2.45) is 17.2 Å². The molecule has 0 unspecified atom stereocenters. The number of rotatable bonds is 13. The van der Waals surface area contributed by atoms with Crippen molar-refractivity contribution in [2.75, 3.05) is 13.2 Å². The van der Waals surface area contributed by atoms with E-state index in [-0.39, 0.29) is 18.9 Å². The summed E-state index contributed by atoms with van der Waals surface area (Å²) >= 11 is 0. The van der Waals surface area contributed by atoms with Crippen molar-refractivity contribution in [1.82, 2.24) is 5.32 Å². The second kappa shape index (κ2) is 16.3. The Labute approximate surface area is 245 Å². The maximum absolute atomic E-state index is 12.3. The minimum atomic E-state index is -1.73. The molecule has 2 saturated heterocycles. The number of ether oxygens (including phenoxy) is 4. The van der Waals surface area contributed by atoms with Crippen molar-refractivity contribution in [2.45, 2.75) is 144 Å². The Balaban J connectivity index is 1.62. The molecule has 14 N–H and O–H groups in total. The molecule has 16 heteroatoms. The fourth-order valence-electron chi connectivity index (χ4n) is 5.57. The van der Waals surface area contributed by atoms with Gasteiger partial charge in [0, 0.05) is 25.0 Å². The van der Waals surface area contributed by atoms with Crippen molar-refractivity contribution >= 4 is 5.91 Å². The number of nitrogens with one attached hydrogen (secondary N) is 1. The molecule has 3 rings (SSSR count). The normalized spacial score (nSPS) is 44.6. The number of carbonyl (C=O) groups excluding carboxylic acids is 1. The summed E-state index contributed by atoms with van der Waals surface area (Å²) in [5.41, 5.74) is 18.2. The van der Waals surface area contributed by atoms with E-state index in [1.54, 1.807) is 0 Å². The van der Waals surface area contributed by atoms with Crippen molar-refractivity contribution in [1.29, 1.82) is 0 Å².